The number of anilines is 1. The van der Waals surface area contributed by atoms with Crippen LogP contribution < -0.4 is 5.73 Å². The van der Waals surface area contributed by atoms with Crippen molar-refractivity contribution >= 4 is 11.5 Å². The molecule has 0 unspecified atom stereocenters. The average molecular weight is 295 g/mol. The topological polar surface area (TPSA) is 99.4 Å². The molecule has 0 aliphatic carbocycles. The summed E-state index contributed by atoms with van der Waals surface area (Å²) in [5, 5.41) is 7.91. The van der Waals surface area contributed by atoms with Crippen molar-refractivity contribution in [1.82, 2.24) is 15.1 Å². The molecule has 3 rings (SSSR count). The van der Waals surface area contributed by atoms with Crippen LogP contribution in [0.1, 0.15) is 17.1 Å². The third kappa shape index (κ3) is 3.26. The average Bonchev–Trinajstić information content (AvgIpc) is 3.07. The summed E-state index contributed by atoms with van der Waals surface area (Å²) in [6.45, 7) is 0.194. The van der Waals surface area contributed by atoms with Crippen LogP contribution >= 0.6 is 0 Å². The van der Waals surface area contributed by atoms with Gasteiger partial charge in [0.25, 0.3) is 0 Å². The van der Waals surface area contributed by atoms with Crippen molar-refractivity contribution in [3.63, 3.8) is 0 Å². The lowest BCUT2D eigenvalue weighted by Crippen LogP contribution is -2.07. The minimum Gasteiger partial charge on any atom is -0.389 e. The minimum atomic E-state index is 0.194. The van der Waals surface area contributed by atoms with Gasteiger partial charge < -0.3 is 15.1 Å². The van der Waals surface area contributed by atoms with Crippen LogP contribution in [0, 0.1) is 0 Å². The Morgan fingerprint density at radius 3 is 2.73 bits per heavy atom. The molecule has 0 spiro atoms. The summed E-state index contributed by atoms with van der Waals surface area (Å²) in [5.74, 6) is 0.790. The van der Waals surface area contributed by atoms with Crippen LogP contribution in [0.3, 0.4) is 0 Å². The zero-order valence-corrected chi connectivity index (χ0v) is 11.6. The van der Waals surface area contributed by atoms with Crippen molar-refractivity contribution in [1.29, 1.82) is 0 Å². The Kier molecular flexibility index (Phi) is 4.05. The van der Waals surface area contributed by atoms with Crippen LogP contribution in [0.5, 0.6) is 0 Å². The summed E-state index contributed by atoms with van der Waals surface area (Å²) in [7, 11) is 0. The van der Waals surface area contributed by atoms with Gasteiger partial charge in [0, 0.05) is 5.56 Å². The molecule has 22 heavy (non-hydrogen) atoms. The van der Waals surface area contributed by atoms with E-state index in [0.717, 1.165) is 5.56 Å². The van der Waals surface area contributed by atoms with Gasteiger partial charge in [0.1, 0.15) is 5.82 Å². The number of nitrogens with zero attached hydrogens (tertiary/aromatic N) is 4. The highest BCUT2D eigenvalue weighted by Gasteiger charge is 2.12. The molecule has 2 heterocycles. The van der Waals surface area contributed by atoms with E-state index in [0.29, 0.717) is 23.0 Å². The first-order valence-electron chi connectivity index (χ1n) is 6.56. The molecule has 3 aromatic rings. The summed E-state index contributed by atoms with van der Waals surface area (Å²) in [6.07, 6.45) is 1.24. The Hall–Kier alpha value is -3.22. The van der Waals surface area contributed by atoms with E-state index in [1.54, 1.807) is 6.07 Å². The highest BCUT2D eigenvalue weighted by Crippen LogP contribution is 2.09. The first-order valence-corrected chi connectivity index (χ1v) is 6.56. The van der Waals surface area contributed by atoms with Crippen LogP contribution in [-0.4, -0.2) is 20.8 Å². The molecule has 0 atom stereocenters. The first-order chi connectivity index (χ1) is 10.8. The van der Waals surface area contributed by atoms with Gasteiger partial charge >= 0.3 is 0 Å². The van der Waals surface area contributed by atoms with Crippen LogP contribution in [-0.2, 0) is 11.4 Å². The second-order valence-electron chi connectivity index (χ2n) is 4.39. The Balaban J connectivity index is 1.81. The van der Waals surface area contributed by atoms with E-state index in [1.807, 2.05) is 42.5 Å². The summed E-state index contributed by atoms with van der Waals surface area (Å²) < 4.78 is 4.77. The minimum absolute atomic E-state index is 0.194. The molecule has 7 nitrogen and oxygen atoms in total. The fourth-order valence-electron chi connectivity index (χ4n) is 1.84. The molecular weight excluding hydrogens is 282 g/mol. The maximum atomic E-state index is 5.62. The largest absolute Gasteiger partial charge is 0.389 e. The monoisotopic (exact) mass is 295 g/mol. The van der Waals surface area contributed by atoms with Gasteiger partial charge in [0.15, 0.2) is 12.3 Å². The number of aromatic nitrogens is 3. The summed E-state index contributed by atoms with van der Waals surface area (Å²) in [5.41, 5.74) is 7.62. The Morgan fingerprint density at radius 1 is 1.14 bits per heavy atom. The molecule has 0 fully saturated rings. The van der Waals surface area contributed by atoms with Crippen molar-refractivity contribution in [2.75, 3.05) is 5.73 Å². The Morgan fingerprint density at radius 2 is 2.00 bits per heavy atom. The van der Waals surface area contributed by atoms with Crippen LogP contribution in [0.15, 0.2) is 64.6 Å². The summed E-state index contributed by atoms with van der Waals surface area (Å²) in [6, 6.07) is 14.8. The number of benzene rings is 1. The first kappa shape index (κ1) is 13.7. The van der Waals surface area contributed by atoms with Crippen molar-refractivity contribution in [2.45, 2.75) is 6.61 Å². The summed E-state index contributed by atoms with van der Waals surface area (Å²) in [4.78, 5) is 13.5. The predicted molar refractivity (Wildman–Crippen MR) is 79.8 cm³/mol. The third-order valence-electron chi connectivity index (χ3n) is 2.82. The van der Waals surface area contributed by atoms with Crippen molar-refractivity contribution < 1.29 is 9.36 Å². The van der Waals surface area contributed by atoms with E-state index in [-0.39, 0.29) is 6.61 Å². The SMILES string of the molecule is Nc1cccc(CO/N=C(/c2ccccc2)c2ncon2)n1. The van der Waals surface area contributed by atoms with Gasteiger partial charge in [-0.1, -0.05) is 46.7 Å². The molecular formula is C15H13N5O2. The highest BCUT2D eigenvalue weighted by molar-refractivity contribution is 6.10. The Labute approximate surface area is 126 Å². The lowest BCUT2D eigenvalue weighted by atomic mass is 10.1. The zero-order chi connectivity index (χ0) is 15.2. The fourth-order valence-corrected chi connectivity index (χ4v) is 1.84. The van der Waals surface area contributed by atoms with Crippen molar-refractivity contribution in [3.05, 3.63) is 72.0 Å². The molecule has 0 bridgehead atoms. The maximum absolute atomic E-state index is 5.62. The second-order valence-corrected chi connectivity index (χ2v) is 4.39. The molecule has 0 aliphatic heterocycles. The van der Waals surface area contributed by atoms with Gasteiger partial charge in [-0.15, -0.1) is 0 Å². The van der Waals surface area contributed by atoms with Gasteiger partial charge in [-0.3, -0.25) is 0 Å². The van der Waals surface area contributed by atoms with E-state index in [1.165, 1.54) is 6.39 Å². The number of pyridine rings is 1. The fraction of sp³-hybridized carbons (Fsp3) is 0.0667. The molecule has 7 heteroatoms. The van der Waals surface area contributed by atoms with Gasteiger partial charge in [0.2, 0.25) is 12.2 Å². The van der Waals surface area contributed by atoms with Crippen molar-refractivity contribution in [2.24, 2.45) is 5.16 Å². The van der Waals surface area contributed by atoms with Gasteiger partial charge in [-0.05, 0) is 12.1 Å². The molecule has 2 aromatic heterocycles. The van der Waals surface area contributed by atoms with Gasteiger partial charge in [-0.25, -0.2) is 4.98 Å². The number of oxime groups is 1. The van der Waals surface area contributed by atoms with Crippen LogP contribution in [0.25, 0.3) is 0 Å². The van der Waals surface area contributed by atoms with Crippen molar-refractivity contribution in [3.8, 4) is 0 Å². The number of nitrogens with two attached hydrogens (primary N) is 1. The molecule has 2 N–H and O–H groups in total. The lowest BCUT2D eigenvalue weighted by molar-refractivity contribution is 0.128. The maximum Gasteiger partial charge on any atom is 0.224 e. The lowest BCUT2D eigenvalue weighted by Gasteiger charge is -2.04. The van der Waals surface area contributed by atoms with E-state index < -0.39 is 0 Å². The van der Waals surface area contributed by atoms with Crippen LogP contribution in [0.4, 0.5) is 5.82 Å². The molecule has 0 radical (unpaired) electrons. The molecule has 1 aromatic carbocycles. The van der Waals surface area contributed by atoms with Gasteiger partial charge in [0.05, 0.1) is 5.69 Å². The number of hydrogen-bond acceptors (Lipinski definition) is 7. The zero-order valence-electron chi connectivity index (χ0n) is 11.6. The molecule has 0 saturated carbocycles. The number of hydrogen-bond donors (Lipinski definition) is 1. The van der Waals surface area contributed by atoms with E-state index in [9.17, 15) is 0 Å². The smallest absolute Gasteiger partial charge is 0.224 e. The van der Waals surface area contributed by atoms with E-state index >= 15 is 0 Å². The summed E-state index contributed by atoms with van der Waals surface area (Å²) >= 11 is 0. The Bertz CT molecular complexity index is 757. The third-order valence-corrected chi connectivity index (χ3v) is 2.82. The van der Waals surface area contributed by atoms with E-state index in [4.69, 9.17) is 15.1 Å². The normalized spacial score (nSPS) is 11.4. The van der Waals surface area contributed by atoms with E-state index in [2.05, 4.69) is 20.3 Å². The van der Waals surface area contributed by atoms with Crippen LogP contribution in [0.2, 0.25) is 0 Å². The molecule has 0 amide bonds. The number of nitrogen functional groups attached to an aromatic ring is 1. The molecule has 0 aliphatic rings. The van der Waals surface area contributed by atoms with Gasteiger partial charge in [-0.2, -0.15) is 4.98 Å². The number of rotatable bonds is 5. The quantitative estimate of drug-likeness (QED) is 0.571. The standard InChI is InChI=1S/C15H13N5O2/c16-13-8-4-7-12(18-13)9-21-19-14(15-17-10-22-20-15)11-5-2-1-3-6-11/h1-8,10H,9H2,(H2,16,18)/b19-14-. The molecule has 0 saturated heterocycles. The highest BCUT2D eigenvalue weighted by atomic mass is 16.6. The predicted octanol–water partition coefficient (Wildman–Crippen LogP) is 2.02. The second kappa shape index (κ2) is 6.49. The molecule has 110 valence electrons.